The van der Waals surface area contributed by atoms with Crippen LogP contribution >= 0.6 is 0 Å². The van der Waals surface area contributed by atoms with E-state index in [0.717, 1.165) is 38.6 Å². The molecule has 1 aliphatic rings. The fraction of sp³-hybridized carbons (Fsp3) is 0.889. The SMILES string of the molecule is CCCCC1(CC)CN1C(=O)C(C)C(C(=O)O)C(C)(C)CC. The summed E-state index contributed by atoms with van der Waals surface area (Å²) in [5, 5.41) is 9.62. The molecule has 4 heteroatoms. The first kappa shape index (κ1) is 19.0. The number of nitrogens with zero attached hydrogens (tertiary/aromatic N) is 1. The molecule has 1 fully saturated rings. The Bertz CT molecular complexity index is 419. The van der Waals surface area contributed by atoms with E-state index >= 15 is 0 Å². The summed E-state index contributed by atoms with van der Waals surface area (Å²) in [5.41, 5.74) is -0.379. The quantitative estimate of drug-likeness (QED) is 0.656. The smallest absolute Gasteiger partial charge is 0.307 e. The molecule has 0 saturated carbocycles. The summed E-state index contributed by atoms with van der Waals surface area (Å²) in [6.07, 6.45) is 4.98. The van der Waals surface area contributed by atoms with E-state index in [4.69, 9.17) is 0 Å². The van der Waals surface area contributed by atoms with Crippen molar-refractivity contribution in [1.29, 1.82) is 0 Å². The maximum absolute atomic E-state index is 12.8. The van der Waals surface area contributed by atoms with Crippen molar-refractivity contribution >= 4 is 11.9 Å². The Kier molecular flexibility index (Phi) is 6.05. The van der Waals surface area contributed by atoms with Crippen molar-refractivity contribution < 1.29 is 14.7 Å². The van der Waals surface area contributed by atoms with Gasteiger partial charge in [-0.25, -0.2) is 0 Å². The van der Waals surface area contributed by atoms with E-state index in [9.17, 15) is 14.7 Å². The van der Waals surface area contributed by atoms with Gasteiger partial charge in [-0.15, -0.1) is 0 Å². The van der Waals surface area contributed by atoms with Crippen molar-refractivity contribution in [3.05, 3.63) is 0 Å². The second kappa shape index (κ2) is 7.01. The van der Waals surface area contributed by atoms with Crippen LogP contribution in [0.3, 0.4) is 0 Å². The molecule has 1 rings (SSSR count). The lowest BCUT2D eigenvalue weighted by molar-refractivity contribution is -0.154. The van der Waals surface area contributed by atoms with E-state index in [2.05, 4.69) is 13.8 Å². The summed E-state index contributed by atoms with van der Waals surface area (Å²) in [6.45, 7) is 12.7. The zero-order chi connectivity index (χ0) is 17.1. The van der Waals surface area contributed by atoms with Gasteiger partial charge in [-0.05, 0) is 18.3 Å². The normalized spacial score (nSPS) is 24.0. The first-order valence-corrected chi connectivity index (χ1v) is 8.71. The number of hydrogen-bond donors (Lipinski definition) is 1. The molecule has 1 aliphatic heterocycles. The van der Waals surface area contributed by atoms with Gasteiger partial charge in [-0.3, -0.25) is 9.59 Å². The van der Waals surface area contributed by atoms with E-state index in [0.29, 0.717) is 0 Å². The van der Waals surface area contributed by atoms with Crippen LogP contribution < -0.4 is 0 Å². The van der Waals surface area contributed by atoms with Gasteiger partial charge in [-0.1, -0.05) is 60.8 Å². The molecule has 3 unspecified atom stereocenters. The molecule has 1 saturated heterocycles. The van der Waals surface area contributed by atoms with E-state index in [-0.39, 0.29) is 16.9 Å². The van der Waals surface area contributed by atoms with Gasteiger partial charge in [0, 0.05) is 12.5 Å². The average Bonchev–Trinajstić information content (AvgIpc) is 3.18. The van der Waals surface area contributed by atoms with Crippen LogP contribution in [0, 0.1) is 17.3 Å². The molecule has 0 spiro atoms. The predicted octanol–water partition coefficient (Wildman–Crippen LogP) is 3.94. The Balaban J connectivity index is 2.86. The van der Waals surface area contributed by atoms with Crippen LogP contribution in [0.2, 0.25) is 0 Å². The van der Waals surface area contributed by atoms with Crippen molar-refractivity contribution in [3.63, 3.8) is 0 Å². The Labute approximate surface area is 135 Å². The van der Waals surface area contributed by atoms with Crippen LogP contribution in [0.25, 0.3) is 0 Å². The van der Waals surface area contributed by atoms with Gasteiger partial charge >= 0.3 is 5.97 Å². The molecule has 0 aromatic carbocycles. The molecule has 1 amide bonds. The van der Waals surface area contributed by atoms with Crippen LogP contribution in [-0.2, 0) is 9.59 Å². The third-order valence-corrected chi connectivity index (χ3v) is 5.75. The van der Waals surface area contributed by atoms with Crippen LogP contribution in [0.1, 0.15) is 73.6 Å². The highest BCUT2D eigenvalue weighted by Gasteiger charge is 2.55. The number of carbonyl (C=O) groups excluding carboxylic acids is 1. The molecular weight excluding hydrogens is 278 g/mol. The molecule has 1 heterocycles. The topological polar surface area (TPSA) is 57.4 Å². The first-order valence-electron chi connectivity index (χ1n) is 8.71. The molecule has 0 aliphatic carbocycles. The van der Waals surface area contributed by atoms with Crippen LogP contribution in [0.4, 0.5) is 0 Å². The lowest BCUT2D eigenvalue weighted by atomic mass is 9.70. The van der Waals surface area contributed by atoms with Crippen molar-refractivity contribution in [2.24, 2.45) is 17.3 Å². The maximum Gasteiger partial charge on any atom is 0.307 e. The summed E-state index contributed by atoms with van der Waals surface area (Å²) < 4.78 is 0. The van der Waals surface area contributed by atoms with Gasteiger partial charge in [0.2, 0.25) is 5.91 Å². The Morgan fingerprint density at radius 2 is 1.86 bits per heavy atom. The molecule has 0 aromatic heterocycles. The van der Waals surface area contributed by atoms with Crippen LogP contribution in [-0.4, -0.2) is 34.0 Å². The highest BCUT2D eigenvalue weighted by molar-refractivity contribution is 5.87. The van der Waals surface area contributed by atoms with Gasteiger partial charge < -0.3 is 10.0 Å². The number of hydrogen-bond acceptors (Lipinski definition) is 2. The van der Waals surface area contributed by atoms with Crippen molar-refractivity contribution in [1.82, 2.24) is 4.90 Å². The Hall–Kier alpha value is -1.06. The number of aliphatic carboxylic acids is 1. The second-order valence-corrected chi connectivity index (χ2v) is 7.55. The third kappa shape index (κ3) is 3.64. The second-order valence-electron chi connectivity index (χ2n) is 7.55. The largest absolute Gasteiger partial charge is 0.481 e. The molecule has 1 N–H and O–H groups in total. The van der Waals surface area contributed by atoms with Crippen LogP contribution in [0.15, 0.2) is 0 Å². The van der Waals surface area contributed by atoms with Crippen molar-refractivity contribution in [3.8, 4) is 0 Å². The molecule has 22 heavy (non-hydrogen) atoms. The molecule has 0 bridgehead atoms. The zero-order valence-electron chi connectivity index (χ0n) is 15.1. The monoisotopic (exact) mass is 311 g/mol. The molecular formula is C18H33NO3. The summed E-state index contributed by atoms with van der Waals surface area (Å²) in [5.74, 6) is -1.94. The number of unbranched alkanes of at least 4 members (excludes halogenated alkanes) is 1. The average molecular weight is 311 g/mol. The number of carboxylic acids is 1. The number of amides is 1. The lowest BCUT2D eigenvalue weighted by Gasteiger charge is -2.34. The van der Waals surface area contributed by atoms with E-state index in [1.807, 2.05) is 25.7 Å². The van der Waals surface area contributed by atoms with Crippen molar-refractivity contribution in [2.75, 3.05) is 6.54 Å². The van der Waals surface area contributed by atoms with E-state index < -0.39 is 17.8 Å². The summed E-state index contributed by atoms with van der Waals surface area (Å²) in [4.78, 5) is 26.5. The molecule has 4 nitrogen and oxygen atoms in total. The fourth-order valence-electron chi connectivity index (χ4n) is 3.60. The fourth-order valence-corrected chi connectivity index (χ4v) is 3.60. The minimum Gasteiger partial charge on any atom is -0.481 e. The van der Waals surface area contributed by atoms with Crippen LogP contribution in [0.5, 0.6) is 0 Å². The standard InChI is InChI=1S/C18H33NO3/c1-7-10-11-18(9-3)12-19(18)15(20)13(4)14(16(21)22)17(5,6)8-2/h13-14H,7-12H2,1-6H3,(H,21,22). The molecule has 128 valence electrons. The van der Waals surface area contributed by atoms with Gasteiger partial charge in [0.1, 0.15) is 0 Å². The highest BCUT2D eigenvalue weighted by Crippen LogP contribution is 2.44. The summed E-state index contributed by atoms with van der Waals surface area (Å²) in [7, 11) is 0. The highest BCUT2D eigenvalue weighted by atomic mass is 16.4. The minimum atomic E-state index is -0.856. The molecule has 0 radical (unpaired) electrons. The van der Waals surface area contributed by atoms with E-state index in [1.54, 1.807) is 6.92 Å². The Morgan fingerprint density at radius 3 is 2.27 bits per heavy atom. The number of carboxylic acid groups (broad SMARTS) is 1. The van der Waals surface area contributed by atoms with Gasteiger partial charge in [0.15, 0.2) is 0 Å². The molecule has 3 atom stereocenters. The predicted molar refractivity (Wildman–Crippen MR) is 88.6 cm³/mol. The van der Waals surface area contributed by atoms with E-state index in [1.165, 1.54) is 0 Å². The van der Waals surface area contributed by atoms with Gasteiger partial charge in [0.05, 0.1) is 11.5 Å². The van der Waals surface area contributed by atoms with Gasteiger partial charge in [0.25, 0.3) is 0 Å². The zero-order valence-corrected chi connectivity index (χ0v) is 15.1. The summed E-state index contributed by atoms with van der Waals surface area (Å²) in [6, 6.07) is 0. The first-order chi connectivity index (χ1) is 10.2. The number of rotatable bonds is 9. The van der Waals surface area contributed by atoms with Crippen molar-refractivity contribution in [2.45, 2.75) is 79.2 Å². The number of carbonyl (C=O) groups is 2. The third-order valence-electron chi connectivity index (χ3n) is 5.75. The van der Waals surface area contributed by atoms with Gasteiger partial charge in [-0.2, -0.15) is 0 Å². The Morgan fingerprint density at radius 1 is 1.27 bits per heavy atom. The maximum atomic E-state index is 12.8. The molecule has 0 aromatic rings. The minimum absolute atomic E-state index is 0.000758. The summed E-state index contributed by atoms with van der Waals surface area (Å²) >= 11 is 0. The lowest BCUT2D eigenvalue weighted by Crippen LogP contribution is -2.41.